The molecule has 0 bridgehead atoms. The van der Waals surface area contributed by atoms with E-state index >= 15 is 0 Å². The van der Waals surface area contributed by atoms with Crippen molar-refractivity contribution in [3.8, 4) is 0 Å². The molecule has 0 spiro atoms. The number of hydrogen-bond acceptors (Lipinski definition) is 4. The van der Waals surface area contributed by atoms with Crippen molar-refractivity contribution in [2.45, 2.75) is 5.92 Å². The van der Waals surface area contributed by atoms with Crippen LogP contribution >= 0.6 is 0 Å². The SMILES string of the molecule is O=C1NC[C@@H](c2ccccc2)[C@H]1C(=O)N/N=C/c1cccnc1. The lowest BCUT2D eigenvalue weighted by atomic mass is 9.88. The van der Waals surface area contributed by atoms with Gasteiger partial charge in [-0.3, -0.25) is 14.6 Å². The summed E-state index contributed by atoms with van der Waals surface area (Å²) in [7, 11) is 0. The first-order chi connectivity index (χ1) is 11.3. The van der Waals surface area contributed by atoms with Gasteiger partial charge in [-0.2, -0.15) is 5.10 Å². The molecule has 23 heavy (non-hydrogen) atoms. The molecule has 1 aromatic heterocycles. The molecule has 2 amide bonds. The number of pyridine rings is 1. The highest BCUT2D eigenvalue weighted by Gasteiger charge is 2.40. The number of hydrogen-bond donors (Lipinski definition) is 2. The van der Waals surface area contributed by atoms with Gasteiger partial charge >= 0.3 is 0 Å². The van der Waals surface area contributed by atoms with E-state index < -0.39 is 11.8 Å². The Labute approximate surface area is 133 Å². The first-order valence-corrected chi connectivity index (χ1v) is 7.31. The maximum absolute atomic E-state index is 12.3. The molecule has 0 aliphatic carbocycles. The highest BCUT2D eigenvalue weighted by atomic mass is 16.2. The standard InChI is InChI=1S/C17H16N4O2/c22-16-15(14(11-19-16)13-6-2-1-3-7-13)17(23)21-20-10-12-5-4-8-18-9-12/h1-10,14-15H,11H2,(H,19,22)(H,21,23)/b20-10+/t14-,15+/m0/s1. The summed E-state index contributed by atoms with van der Waals surface area (Å²) in [6.45, 7) is 0.452. The van der Waals surface area contributed by atoms with Crippen LogP contribution in [0.5, 0.6) is 0 Å². The van der Waals surface area contributed by atoms with E-state index in [1.54, 1.807) is 18.5 Å². The van der Waals surface area contributed by atoms with Crippen molar-refractivity contribution in [1.82, 2.24) is 15.7 Å². The average molecular weight is 308 g/mol. The van der Waals surface area contributed by atoms with Crippen LogP contribution < -0.4 is 10.7 Å². The van der Waals surface area contributed by atoms with E-state index in [4.69, 9.17) is 0 Å². The molecule has 3 rings (SSSR count). The molecular weight excluding hydrogens is 292 g/mol. The number of carbonyl (C=O) groups is 2. The third-order valence-electron chi connectivity index (χ3n) is 3.76. The Morgan fingerprint density at radius 3 is 2.83 bits per heavy atom. The maximum atomic E-state index is 12.3. The number of nitrogens with one attached hydrogen (secondary N) is 2. The summed E-state index contributed by atoms with van der Waals surface area (Å²) in [4.78, 5) is 28.3. The third kappa shape index (κ3) is 3.42. The summed E-state index contributed by atoms with van der Waals surface area (Å²) in [5.74, 6) is -1.64. The molecule has 116 valence electrons. The molecule has 0 radical (unpaired) electrons. The van der Waals surface area contributed by atoms with Crippen molar-refractivity contribution < 1.29 is 9.59 Å². The van der Waals surface area contributed by atoms with Crippen LogP contribution in [0.15, 0.2) is 60.0 Å². The topological polar surface area (TPSA) is 83.5 Å². The molecule has 1 aliphatic rings. The molecular formula is C17H16N4O2. The number of nitrogens with zero attached hydrogens (tertiary/aromatic N) is 2. The van der Waals surface area contributed by atoms with Gasteiger partial charge in [0.15, 0.2) is 0 Å². The van der Waals surface area contributed by atoms with Crippen LogP contribution in [-0.2, 0) is 9.59 Å². The molecule has 1 fully saturated rings. The minimum absolute atomic E-state index is 0.183. The first kappa shape index (κ1) is 14.9. The highest BCUT2D eigenvalue weighted by Crippen LogP contribution is 2.28. The van der Waals surface area contributed by atoms with E-state index in [-0.39, 0.29) is 11.8 Å². The first-order valence-electron chi connectivity index (χ1n) is 7.31. The molecule has 2 N–H and O–H groups in total. The number of carbonyl (C=O) groups excluding carboxylic acids is 2. The zero-order chi connectivity index (χ0) is 16.1. The molecule has 2 aromatic rings. The monoisotopic (exact) mass is 308 g/mol. The Hall–Kier alpha value is -3.02. The molecule has 6 nitrogen and oxygen atoms in total. The maximum Gasteiger partial charge on any atom is 0.253 e. The fourth-order valence-electron chi connectivity index (χ4n) is 2.63. The summed E-state index contributed by atoms with van der Waals surface area (Å²) in [5, 5.41) is 6.65. The van der Waals surface area contributed by atoms with Crippen LogP contribution in [0.25, 0.3) is 0 Å². The molecule has 6 heteroatoms. The molecule has 0 unspecified atom stereocenters. The Morgan fingerprint density at radius 2 is 2.09 bits per heavy atom. The Kier molecular flexibility index (Phi) is 4.42. The van der Waals surface area contributed by atoms with Crippen molar-refractivity contribution in [3.63, 3.8) is 0 Å². The van der Waals surface area contributed by atoms with Crippen molar-refractivity contribution >= 4 is 18.0 Å². The summed E-state index contributed by atoms with van der Waals surface area (Å²) >= 11 is 0. The van der Waals surface area contributed by atoms with Crippen molar-refractivity contribution in [1.29, 1.82) is 0 Å². The average Bonchev–Trinajstić information content (AvgIpc) is 2.98. The van der Waals surface area contributed by atoms with Crippen molar-refractivity contribution in [2.75, 3.05) is 6.54 Å². The van der Waals surface area contributed by atoms with Gasteiger partial charge in [-0.05, 0) is 11.6 Å². The number of rotatable bonds is 4. The number of hydrazone groups is 1. The van der Waals surface area contributed by atoms with Crippen LogP contribution in [0, 0.1) is 5.92 Å². The zero-order valence-electron chi connectivity index (χ0n) is 12.3. The van der Waals surface area contributed by atoms with Crippen molar-refractivity contribution in [3.05, 3.63) is 66.0 Å². The predicted octanol–water partition coefficient (Wildman–Crippen LogP) is 1.06. The van der Waals surface area contributed by atoms with Gasteiger partial charge in [-0.25, -0.2) is 5.43 Å². The Balaban J connectivity index is 1.70. The second kappa shape index (κ2) is 6.83. The van der Waals surface area contributed by atoms with Gasteiger partial charge in [0.1, 0.15) is 5.92 Å². The number of benzene rings is 1. The molecule has 2 heterocycles. The molecule has 1 saturated heterocycles. The summed E-state index contributed by atoms with van der Waals surface area (Å²) < 4.78 is 0. The van der Waals surface area contributed by atoms with E-state index in [0.717, 1.165) is 11.1 Å². The van der Waals surface area contributed by atoms with E-state index in [9.17, 15) is 9.59 Å². The largest absolute Gasteiger partial charge is 0.355 e. The second-order valence-corrected chi connectivity index (χ2v) is 5.26. The normalized spacial score (nSPS) is 20.4. The van der Waals surface area contributed by atoms with Gasteiger partial charge in [0.2, 0.25) is 5.91 Å². The molecule has 1 aromatic carbocycles. The highest BCUT2D eigenvalue weighted by molar-refractivity contribution is 6.03. The van der Waals surface area contributed by atoms with Gasteiger partial charge < -0.3 is 5.32 Å². The van der Waals surface area contributed by atoms with Gasteiger partial charge in [0, 0.05) is 30.4 Å². The summed E-state index contributed by atoms with van der Waals surface area (Å²) in [6.07, 6.45) is 4.78. The van der Waals surface area contributed by atoms with Crippen LogP contribution in [0.3, 0.4) is 0 Å². The Morgan fingerprint density at radius 1 is 1.26 bits per heavy atom. The van der Waals surface area contributed by atoms with Gasteiger partial charge in [0.25, 0.3) is 5.91 Å². The molecule has 0 saturated carbocycles. The van der Waals surface area contributed by atoms with Crippen LogP contribution in [0.1, 0.15) is 17.0 Å². The van der Waals surface area contributed by atoms with E-state index in [0.29, 0.717) is 6.54 Å². The fourth-order valence-corrected chi connectivity index (χ4v) is 2.63. The lowest BCUT2D eigenvalue weighted by Gasteiger charge is -2.15. The molecule has 1 aliphatic heterocycles. The lowest BCUT2D eigenvalue weighted by Crippen LogP contribution is -2.34. The van der Waals surface area contributed by atoms with E-state index in [1.165, 1.54) is 6.21 Å². The summed E-state index contributed by atoms with van der Waals surface area (Å²) in [6, 6.07) is 13.1. The summed E-state index contributed by atoms with van der Waals surface area (Å²) in [5.41, 5.74) is 4.17. The van der Waals surface area contributed by atoms with E-state index in [1.807, 2.05) is 36.4 Å². The smallest absolute Gasteiger partial charge is 0.253 e. The van der Waals surface area contributed by atoms with Gasteiger partial charge in [-0.1, -0.05) is 36.4 Å². The molecule has 2 atom stereocenters. The quantitative estimate of drug-likeness (QED) is 0.503. The fraction of sp³-hybridized carbons (Fsp3) is 0.176. The van der Waals surface area contributed by atoms with Gasteiger partial charge in [-0.15, -0.1) is 0 Å². The predicted molar refractivity (Wildman–Crippen MR) is 85.7 cm³/mol. The minimum atomic E-state index is -0.775. The third-order valence-corrected chi connectivity index (χ3v) is 3.76. The number of aromatic nitrogens is 1. The van der Waals surface area contributed by atoms with Crippen LogP contribution in [0.4, 0.5) is 0 Å². The van der Waals surface area contributed by atoms with Crippen molar-refractivity contribution in [2.24, 2.45) is 11.0 Å². The van der Waals surface area contributed by atoms with Crippen LogP contribution in [-0.4, -0.2) is 29.6 Å². The lowest BCUT2D eigenvalue weighted by molar-refractivity contribution is -0.133. The second-order valence-electron chi connectivity index (χ2n) is 5.26. The van der Waals surface area contributed by atoms with Gasteiger partial charge in [0.05, 0.1) is 6.21 Å². The Bertz CT molecular complexity index is 716. The number of amides is 2. The van der Waals surface area contributed by atoms with E-state index in [2.05, 4.69) is 20.8 Å². The zero-order valence-corrected chi connectivity index (χ0v) is 12.3. The van der Waals surface area contributed by atoms with Crippen LogP contribution in [0.2, 0.25) is 0 Å². The minimum Gasteiger partial charge on any atom is -0.355 e.